The van der Waals surface area contributed by atoms with Gasteiger partial charge >= 0.3 is 5.97 Å². The fraction of sp³-hybridized carbons (Fsp3) is 0.651. The predicted molar refractivity (Wildman–Crippen MR) is 423 cm³/mol. The molecule has 0 aliphatic carbocycles. The number of hydrogen-bond donors (Lipinski definition) is 3. The van der Waals surface area contributed by atoms with Crippen LogP contribution in [0.15, 0.2) is 71.6 Å². The summed E-state index contributed by atoms with van der Waals surface area (Å²) in [6, 6.07) is 21.6. The first-order valence-electron chi connectivity index (χ1n) is 39.6. The van der Waals surface area contributed by atoms with E-state index in [2.05, 4.69) is 84.5 Å². The van der Waals surface area contributed by atoms with E-state index in [1.165, 1.54) is 51.7 Å². The molecule has 3 N–H and O–H groups in total. The van der Waals surface area contributed by atoms with Gasteiger partial charge < -0.3 is 101 Å². The fourth-order valence-electron chi connectivity index (χ4n) is 13.9. The van der Waals surface area contributed by atoms with Crippen LogP contribution in [0.5, 0.6) is 5.75 Å². The number of nitrogens with one attached hydrogen (secondary N) is 2. The quantitative estimate of drug-likeness (QED) is 0.0139. The third kappa shape index (κ3) is 30.3. The summed E-state index contributed by atoms with van der Waals surface area (Å²) < 4.78 is 102. The molecule has 614 valence electrons. The van der Waals surface area contributed by atoms with Gasteiger partial charge in [-0.15, -0.1) is 11.8 Å². The Kier molecular flexibility index (Phi) is 43.7. The molecule has 2 heterocycles. The highest BCUT2D eigenvalue weighted by molar-refractivity contribution is 7.99. The summed E-state index contributed by atoms with van der Waals surface area (Å²) in [4.78, 5) is 46.0. The number of fused-ring (bicyclic) bond motifs is 2. The van der Waals surface area contributed by atoms with E-state index in [-0.39, 0.29) is 18.1 Å². The van der Waals surface area contributed by atoms with Crippen molar-refractivity contribution in [3.05, 3.63) is 94.5 Å². The molecule has 0 saturated heterocycles. The number of carboxylic acids is 1. The third-order valence-electron chi connectivity index (χ3n) is 19.3. The number of rotatable bonds is 67. The maximum Gasteiger partial charge on any atom is 0.326 e. The number of carbonyl (C=O) groups is 3. The Morgan fingerprint density at radius 1 is 0.391 bits per heavy atom. The van der Waals surface area contributed by atoms with E-state index in [9.17, 15) is 19.5 Å². The standard InChI is InChI=1S/C83H124N4O22S/c1-7-68(8-2)86-57-64-17-19-71-79-75(110-61-73(84-62(5)88)82(89)85-72(83(90)91)54-63-14-12-11-13-15-63)56-67-60-87(69(9-3)10-4)58-65-16-18-70(81(79)77(65)67)78-74(55-66(59-86)76(64)80(71)78)109-53-52-108-51-50-107-49-48-106-47-46-105-45-44-104-43-42-103-41-40-102-39-38-101-37-36-100-35-34-99-33-32-98-31-30-97-29-28-96-27-26-95-25-24-94-23-22-93-21-20-92-6/h11-19,55-56,68-69,72-73H,7-10,20-54,57-61H2,1-6H3,(H,84,88)(H,85,89)(H,90,91). The van der Waals surface area contributed by atoms with E-state index in [4.69, 9.17) is 85.3 Å². The molecule has 0 spiro atoms. The zero-order valence-corrected chi connectivity index (χ0v) is 66.9. The number of carbonyl (C=O) groups excluding carboxylic acids is 2. The zero-order valence-electron chi connectivity index (χ0n) is 66.1. The number of thioether (sulfide) groups is 1. The molecule has 6 aromatic rings. The van der Waals surface area contributed by atoms with Crippen LogP contribution in [-0.2, 0) is 128 Å². The molecule has 27 heteroatoms. The van der Waals surface area contributed by atoms with Crippen LogP contribution in [-0.4, -0.2) is 294 Å². The lowest BCUT2D eigenvalue weighted by Gasteiger charge is -2.37. The number of carboxylic acid groups (broad SMARTS) is 1. The molecular weight excluding hydrogens is 1440 g/mol. The monoisotopic (exact) mass is 1560 g/mol. The predicted octanol–water partition coefficient (Wildman–Crippen LogP) is 9.45. The van der Waals surface area contributed by atoms with E-state index in [1.807, 2.05) is 30.3 Å². The van der Waals surface area contributed by atoms with Gasteiger partial charge in [-0.2, -0.15) is 0 Å². The molecular formula is C83H124N4O22S. The number of hydrogen-bond acceptors (Lipinski definition) is 24. The van der Waals surface area contributed by atoms with Gasteiger partial charge in [0.2, 0.25) is 11.8 Å². The van der Waals surface area contributed by atoms with E-state index < -0.39 is 24.0 Å². The van der Waals surface area contributed by atoms with Crippen molar-refractivity contribution in [1.29, 1.82) is 0 Å². The summed E-state index contributed by atoms with van der Waals surface area (Å²) in [7, 11) is 1.64. The molecule has 0 bridgehead atoms. The van der Waals surface area contributed by atoms with Gasteiger partial charge in [-0.3, -0.25) is 19.4 Å². The maximum absolute atomic E-state index is 14.3. The second kappa shape index (κ2) is 53.5. The summed E-state index contributed by atoms with van der Waals surface area (Å²) in [5.41, 5.74) is 5.77. The summed E-state index contributed by atoms with van der Waals surface area (Å²) in [6.45, 7) is 29.7. The first kappa shape index (κ1) is 90.0. The van der Waals surface area contributed by atoms with Gasteiger partial charge in [0.1, 0.15) is 24.4 Å². The lowest BCUT2D eigenvalue weighted by molar-refractivity contribution is -0.142. The van der Waals surface area contributed by atoms with Crippen molar-refractivity contribution in [3.8, 4) is 5.75 Å². The fourth-order valence-corrected chi connectivity index (χ4v) is 15.0. The zero-order chi connectivity index (χ0) is 77.6. The summed E-state index contributed by atoms with van der Waals surface area (Å²) in [5.74, 6) is -1.10. The Balaban J connectivity index is 0.675. The van der Waals surface area contributed by atoms with E-state index in [1.54, 1.807) is 7.11 Å². The number of ether oxygens (including phenoxy) is 18. The van der Waals surface area contributed by atoms with E-state index in [0.717, 1.165) is 100 Å². The molecule has 26 nitrogen and oxygen atoms in total. The van der Waals surface area contributed by atoms with Crippen molar-refractivity contribution >= 4 is 72.6 Å². The number of amides is 2. The van der Waals surface area contributed by atoms with Gasteiger partial charge in [0, 0.05) is 85.5 Å². The van der Waals surface area contributed by atoms with Crippen LogP contribution in [0.3, 0.4) is 0 Å². The Labute approximate surface area is 654 Å². The van der Waals surface area contributed by atoms with Gasteiger partial charge in [0.25, 0.3) is 0 Å². The van der Waals surface area contributed by atoms with Crippen LogP contribution in [0.4, 0.5) is 0 Å². The first-order chi connectivity index (χ1) is 54.1. The topological polar surface area (TPSA) is 268 Å². The molecule has 8 rings (SSSR count). The highest BCUT2D eigenvalue weighted by Crippen LogP contribution is 2.52. The van der Waals surface area contributed by atoms with Crippen LogP contribution in [0.2, 0.25) is 0 Å². The number of benzene rings is 6. The second-order valence-electron chi connectivity index (χ2n) is 26.9. The van der Waals surface area contributed by atoms with Crippen LogP contribution in [0, 0.1) is 0 Å². The van der Waals surface area contributed by atoms with Gasteiger partial charge in [-0.1, -0.05) is 82.3 Å². The minimum atomic E-state index is -1.19. The number of nitrogens with zero attached hydrogens (tertiary/aromatic N) is 2. The van der Waals surface area contributed by atoms with Gasteiger partial charge in [0.05, 0.1) is 218 Å². The third-order valence-corrected chi connectivity index (χ3v) is 20.4. The highest BCUT2D eigenvalue weighted by atomic mass is 32.2. The SMILES string of the molecule is CCC(CC)N1Cc2ccc3c4c(SCC(NC(C)=O)C(=O)NC(Cc5ccccc5)C(=O)O)cc5c6c(ccc(c7c(OCCOCCOCCOCCOCCOCCOCCOCCOCCOCCOCCOCCOCCOCCOCCOCCOCCOC)cc(c2c37)C1)c64)CN(C(CC)CC)C5. The van der Waals surface area contributed by atoms with Crippen molar-refractivity contribution in [2.24, 2.45) is 0 Å². The second-order valence-corrected chi connectivity index (χ2v) is 28.0. The maximum atomic E-state index is 14.3. The molecule has 6 aromatic carbocycles. The lowest BCUT2D eigenvalue weighted by Crippen LogP contribution is -2.52. The Bertz CT molecular complexity index is 3540. The van der Waals surface area contributed by atoms with Crippen LogP contribution < -0.4 is 15.4 Å². The van der Waals surface area contributed by atoms with Crippen LogP contribution in [0.25, 0.3) is 43.1 Å². The molecule has 2 aliphatic heterocycles. The normalized spacial score (nSPS) is 13.9. The smallest absolute Gasteiger partial charge is 0.326 e. The van der Waals surface area contributed by atoms with Gasteiger partial charge in [-0.05, 0) is 92.6 Å². The molecule has 2 unspecified atom stereocenters. The first-order valence-corrected chi connectivity index (χ1v) is 40.6. The van der Waals surface area contributed by atoms with Crippen molar-refractivity contribution in [2.45, 2.75) is 122 Å². The molecule has 0 aromatic heterocycles. The number of methoxy groups -OCH3 is 1. The van der Waals surface area contributed by atoms with Gasteiger partial charge in [0.15, 0.2) is 0 Å². The van der Waals surface area contributed by atoms with Crippen molar-refractivity contribution in [2.75, 3.05) is 237 Å². The summed E-state index contributed by atoms with van der Waals surface area (Å²) in [5, 5.41) is 25.2. The molecule has 110 heavy (non-hydrogen) atoms. The Morgan fingerprint density at radius 3 is 1.08 bits per heavy atom. The molecule has 0 saturated carbocycles. The molecule has 0 fully saturated rings. The van der Waals surface area contributed by atoms with Gasteiger partial charge in [-0.25, -0.2) is 4.79 Å². The minimum absolute atomic E-state index is 0.0985. The Morgan fingerprint density at radius 2 is 0.727 bits per heavy atom. The highest BCUT2D eigenvalue weighted by Gasteiger charge is 2.33. The molecule has 2 atom stereocenters. The molecule has 2 amide bonds. The van der Waals surface area contributed by atoms with Crippen LogP contribution >= 0.6 is 11.8 Å². The molecule has 2 aliphatic rings. The van der Waals surface area contributed by atoms with Crippen molar-refractivity contribution in [1.82, 2.24) is 20.4 Å². The number of aliphatic carboxylic acids is 1. The molecule has 0 radical (unpaired) electrons. The van der Waals surface area contributed by atoms with Crippen molar-refractivity contribution < 1.29 is 105 Å². The lowest BCUT2D eigenvalue weighted by atomic mass is 9.82. The Hall–Kier alpha value is -5.58. The minimum Gasteiger partial charge on any atom is -0.491 e. The van der Waals surface area contributed by atoms with Crippen LogP contribution in [0.1, 0.15) is 88.1 Å². The van der Waals surface area contributed by atoms with Crippen molar-refractivity contribution in [3.63, 3.8) is 0 Å². The van der Waals surface area contributed by atoms with E-state index in [0.29, 0.717) is 237 Å². The van der Waals surface area contributed by atoms with E-state index >= 15 is 0 Å². The summed E-state index contributed by atoms with van der Waals surface area (Å²) in [6.07, 6.45) is 4.23. The summed E-state index contributed by atoms with van der Waals surface area (Å²) >= 11 is 1.53. The average molecular weight is 1560 g/mol. The average Bonchev–Trinajstić information content (AvgIpc) is 0.690. The largest absolute Gasteiger partial charge is 0.491 e.